The van der Waals surface area contributed by atoms with Gasteiger partial charge in [0.25, 0.3) is 5.91 Å². The van der Waals surface area contributed by atoms with Crippen LogP contribution in [0.4, 0.5) is 5.69 Å². The molecule has 3 aliphatic heterocycles. The van der Waals surface area contributed by atoms with E-state index in [0.29, 0.717) is 30.8 Å². The van der Waals surface area contributed by atoms with Crippen molar-refractivity contribution in [2.24, 2.45) is 0 Å². The number of benzene rings is 2. The van der Waals surface area contributed by atoms with Gasteiger partial charge in [0.05, 0.1) is 24.7 Å². The van der Waals surface area contributed by atoms with E-state index in [1.807, 2.05) is 29.2 Å². The second-order valence-electron chi connectivity index (χ2n) is 9.89. The van der Waals surface area contributed by atoms with E-state index in [0.717, 1.165) is 17.7 Å². The Morgan fingerprint density at radius 3 is 2.78 bits per heavy atom. The first-order chi connectivity index (χ1) is 18.1. The molecule has 1 fully saturated rings. The molecule has 8 nitrogen and oxygen atoms in total. The predicted molar refractivity (Wildman–Crippen MR) is 136 cm³/mol. The molecule has 0 aliphatic carbocycles. The largest absolute Gasteiger partial charge is 0.487 e. The van der Waals surface area contributed by atoms with Gasteiger partial charge in [-0.1, -0.05) is 24.3 Å². The molecule has 0 spiro atoms. The molecule has 3 aliphatic rings. The number of fused-ring (bicyclic) bond motifs is 4. The molecule has 2 aromatic carbocycles. The van der Waals surface area contributed by atoms with Crippen LogP contribution in [0.3, 0.4) is 0 Å². The first kappa shape index (κ1) is 23.6. The molecule has 4 atom stereocenters. The quantitative estimate of drug-likeness (QED) is 0.559. The topological polar surface area (TPSA) is 101 Å². The van der Waals surface area contributed by atoms with Crippen molar-refractivity contribution in [3.05, 3.63) is 89.2 Å². The number of nitrogens with zero attached hydrogens (tertiary/aromatic N) is 2. The summed E-state index contributed by atoms with van der Waals surface area (Å²) in [5, 5.41) is 13.0. The fraction of sp³-hybridized carbons (Fsp3) is 0.345. The van der Waals surface area contributed by atoms with Crippen LogP contribution in [0.1, 0.15) is 45.8 Å². The number of rotatable bonds is 5. The molecule has 3 aromatic rings. The van der Waals surface area contributed by atoms with Crippen molar-refractivity contribution in [2.75, 3.05) is 18.5 Å². The van der Waals surface area contributed by atoms with Crippen molar-refractivity contribution in [3.63, 3.8) is 0 Å². The van der Waals surface area contributed by atoms with Crippen LogP contribution in [0, 0.1) is 0 Å². The minimum absolute atomic E-state index is 0.0453. The lowest BCUT2D eigenvalue weighted by atomic mass is 9.84. The van der Waals surface area contributed by atoms with E-state index in [9.17, 15) is 14.7 Å². The van der Waals surface area contributed by atoms with E-state index in [-0.39, 0.29) is 43.0 Å². The van der Waals surface area contributed by atoms with Crippen molar-refractivity contribution in [2.45, 2.75) is 50.0 Å². The van der Waals surface area contributed by atoms with Crippen LogP contribution in [0.15, 0.2) is 67.0 Å². The first-order valence-electron chi connectivity index (χ1n) is 12.7. The van der Waals surface area contributed by atoms with Crippen molar-refractivity contribution >= 4 is 17.5 Å². The Labute approximate surface area is 215 Å². The molecule has 2 N–H and O–H groups in total. The summed E-state index contributed by atoms with van der Waals surface area (Å²) in [5.41, 5.74) is 4.58. The van der Waals surface area contributed by atoms with Crippen LogP contribution in [0.5, 0.6) is 5.75 Å². The summed E-state index contributed by atoms with van der Waals surface area (Å²) >= 11 is 0. The summed E-state index contributed by atoms with van der Waals surface area (Å²) in [6.45, 7) is 1.12. The lowest BCUT2D eigenvalue weighted by molar-refractivity contribution is -0.149. The Morgan fingerprint density at radius 1 is 1.11 bits per heavy atom. The monoisotopic (exact) mass is 499 g/mol. The van der Waals surface area contributed by atoms with E-state index in [1.54, 1.807) is 24.4 Å². The predicted octanol–water partition coefficient (Wildman–Crippen LogP) is 3.30. The number of pyridine rings is 1. The highest BCUT2D eigenvalue weighted by Crippen LogP contribution is 2.47. The van der Waals surface area contributed by atoms with Crippen LogP contribution in [-0.2, 0) is 22.5 Å². The van der Waals surface area contributed by atoms with Gasteiger partial charge >= 0.3 is 0 Å². The highest BCUT2D eigenvalue weighted by atomic mass is 16.6. The van der Waals surface area contributed by atoms with Gasteiger partial charge in [-0.15, -0.1) is 0 Å². The van der Waals surface area contributed by atoms with Gasteiger partial charge in [-0.05, 0) is 54.3 Å². The molecule has 0 radical (unpaired) electrons. The third-order valence-electron chi connectivity index (χ3n) is 7.57. The number of anilines is 1. The maximum absolute atomic E-state index is 13.2. The zero-order valence-corrected chi connectivity index (χ0v) is 20.4. The number of aliphatic hydroxyl groups excluding tert-OH is 1. The number of ether oxygens (including phenoxy) is 2. The highest BCUT2D eigenvalue weighted by molar-refractivity contribution is 6.04. The Bertz CT molecular complexity index is 1310. The number of carbonyl (C=O) groups excluding carboxylic acids is 2. The van der Waals surface area contributed by atoms with E-state index >= 15 is 0 Å². The molecule has 0 saturated carbocycles. The average molecular weight is 500 g/mol. The number of aromatic nitrogens is 1. The van der Waals surface area contributed by atoms with E-state index < -0.39 is 6.10 Å². The first-order valence-corrected chi connectivity index (χ1v) is 12.7. The minimum atomic E-state index is -0.528. The van der Waals surface area contributed by atoms with Crippen molar-refractivity contribution < 1.29 is 24.2 Å². The molecular weight excluding hydrogens is 470 g/mol. The second-order valence-corrected chi connectivity index (χ2v) is 9.89. The number of hydrogen-bond donors (Lipinski definition) is 2. The van der Waals surface area contributed by atoms with E-state index in [2.05, 4.69) is 22.4 Å². The number of hydrogen-bond acceptors (Lipinski definition) is 6. The van der Waals surface area contributed by atoms with Crippen LogP contribution in [-0.4, -0.2) is 58.3 Å². The van der Waals surface area contributed by atoms with Crippen molar-refractivity contribution in [3.8, 4) is 5.75 Å². The number of aliphatic hydroxyl groups is 1. The van der Waals surface area contributed by atoms with E-state index in [4.69, 9.17) is 9.47 Å². The van der Waals surface area contributed by atoms with Gasteiger partial charge in [0.2, 0.25) is 5.91 Å². The summed E-state index contributed by atoms with van der Waals surface area (Å²) in [4.78, 5) is 31.7. The minimum Gasteiger partial charge on any atom is -0.487 e. The Hall–Kier alpha value is -3.75. The van der Waals surface area contributed by atoms with Gasteiger partial charge in [0, 0.05) is 42.7 Å². The smallest absolute Gasteiger partial charge is 0.257 e. The maximum Gasteiger partial charge on any atom is 0.257 e. The number of amides is 2. The fourth-order valence-corrected chi connectivity index (χ4v) is 5.70. The second kappa shape index (κ2) is 9.95. The van der Waals surface area contributed by atoms with Crippen molar-refractivity contribution in [1.82, 2.24) is 9.88 Å². The summed E-state index contributed by atoms with van der Waals surface area (Å²) in [7, 11) is 0. The van der Waals surface area contributed by atoms with Crippen LogP contribution in [0.25, 0.3) is 0 Å². The Morgan fingerprint density at radius 2 is 1.97 bits per heavy atom. The molecule has 37 heavy (non-hydrogen) atoms. The standard InChI is InChI=1S/C29H29N3O5/c33-17-26-28-24(13-22(36-26)14-27(34)32-11-9-18-4-1-2-5-20(18)16-32)23-12-21(7-8-25(23)37-28)31-29(35)19-6-3-10-30-15-19/h1-8,10,12,15,22,24,26,28,33H,9,11,13-14,16-17H2,(H,31,35)/t22-,24+,26+,28-/m0/s1. The van der Waals surface area contributed by atoms with Crippen LogP contribution in [0.2, 0.25) is 0 Å². The Balaban J connectivity index is 1.16. The summed E-state index contributed by atoms with van der Waals surface area (Å²) in [5.74, 6) is 0.494. The normalized spacial score (nSPS) is 23.9. The number of carbonyl (C=O) groups is 2. The summed E-state index contributed by atoms with van der Waals surface area (Å²) in [6, 6.07) is 17.2. The third-order valence-corrected chi connectivity index (χ3v) is 7.57. The van der Waals surface area contributed by atoms with Gasteiger partial charge in [0.1, 0.15) is 18.0 Å². The molecule has 1 aromatic heterocycles. The zero-order valence-electron chi connectivity index (χ0n) is 20.4. The van der Waals surface area contributed by atoms with Gasteiger partial charge in [-0.3, -0.25) is 14.6 Å². The van der Waals surface area contributed by atoms with Crippen LogP contribution >= 0.6 is 0 Å². The van der Waals surface area contributed by atoms with Gasteiger partial charge < -0.3 is 24.8 Å². The lowest BCUT2D eigenvalue weighted by Crippen LogP contribution is -2.48. The molecule has 2 amide bonds. The molecular formula is C29H29N3O5. The number of nitrogens with one attached hydrogen (secondary N) is 1. The van der Waals surface area contributed by atoms with Gasteiger partial charge in [-0.2, -0.15) is 0 Å². The van der Waals surface area contributed by atoms with Crippen molar-refractivity contribution in [1.29, 1.82) is 0 Å². The molecule has 4 heterocycles. The van der Waals surface area contributed by atoms with Gasteiger partial charge in [-0.25, -0.2) is 0 Å². The molecule has 0 bridgehead atoms. The summed E-state index contributed by atoms with van der Waals surface area (Å²) < 4.78 is 12.3. The van der Waals surface area contributed by atoms with E-state index in [1.165, 1.54) is 17.3 Å². The zero-order chi connectivity index (χ0) is 25.4. The third kappa shape index (κ3) is 4.70. The molecule has 6 rings (SSSR count). The Kier molecular flexibility index (Phi) is 6.36. The summed E-state index contributed by atoms with van der Waals surface area (Å²) in [6.07, 6.45) is 3.67. The molecule has 190 valence electrons. The highest BCUT2D eigenvalue weighted by Gasteiger charge is 2.46. The molecule has 1 saturated heterocycles. The SMILES string of the molecule is O=C(Nc1ccc2c(c1)[C@H]1C[C@@H](CC(=O)N3CCc4ccccc4C3)O[C@H](CO)[C@H]1O2)c1cccnc1. The maximum atomic E-state index is 13.2. The fourth-order valence-electron chi connectivity index (χ4n) is 5.70. The molecule has 8 heteroatoms. The van der Waals surface area contributed by atoms with Gasteiger partial charge in [0.15, 0.2) is 0 Å². The molecule has 0 unspecified atom stereocenters. The van der Waals surface area contributed by atoms with Crippen LogP contribution < -0.4 is 10.1 Å². The average Bonchev–Trinajstić information content (AvgIpc) is 3.30. The lowest BCUT2D eigenvalue weighted by Gasteiger charge is -2.38.